The standard InChI is InChI=1S/C25H38ClF3N4/c1-6-12-32(5)14-11-19(7-2)17-33(18(3)4)13-9-8-10-24-30-22-15-20(25(27,28)29)21(26)16-23(22)31-24/h6,12,15-16,18-19H,7-11,13-14,17H2,1-5H3,(H,30,31)/b12-6-/t19-/m0/s1. The van der Waals surface area contributed by atoms with E-state index in [2.05, 4.69) is 59.9 Å². The minimum absolute atomic E-state index is 0.317. The van der Waals surface area contributed by atoms with Crippen LogP contribution in [0.2, 0.25) is 5.02 Å². The number of alkyl halides is 3. The largest absolute Gasteiger partial charge is 0.417 e. The first-order valence-corrected chi connectivity index (χ1v) is 12.2. The first kappa shape index (κ1) is 27.5. The molecule has 1 heterocycles. The highest BCUT2D eigenvalue weighted by Crippen LogP contribution is 2.36. The third-order valence-electron chi connectivity index (χ3n) is 6.13. The summed E-state index contributed by atoms with van der Waals surface area (Å²) in [6.45, 7) is 11.9. The lowest BCUT2D eigenvalue weighted by Crippen LogP contribution is -2.37. The molecule has 186 valence electrons. The molecule has 4 nitrogen and oxygen atoms in total. The van der Waals surface area contributed by atoms with Gasteiger partial charge in [0.05, 0.1) is 21.6 Å². The van der Waals surface area contributed by atoms with Gasteiger partial charge in [-0.2, -0.15) is 13.2 Å². The lowest BCUT2D eigenvalue weighted by Gasteiger charge is -2.31. The molecule has 0 amide bonds. The number of allylic oxidation sites excluding steroid dienone is 1. The fourth-order valence-corrected chi connectivity index (χ4v) is 4.32. The minimum atomic E-state index is -4.48. The number of hydrogen-bond donors (Lipinski definition) is 1. The summed E-state index contributed by atoms with van der Waals surface area (Å²) >= 11 is 5.81. The second kappa shape index (κ2) is 12.7. The van der Waals surface area contributed by atoms with E-state index >= 15 is 0 Å². The molecule has 1 aromatic heterocycles. The Morgan fingerprint density at radius 1 is 1.18 bits per heavy atom. The smallest absolute Gasteiger partial charge is 0.381 e. The van der Waals surface area contributed by atoms with Gasteiger partial charge in [0.1, 0.15) is 5.82 Å². The molecule has 0 saturated carbocycles. The van der Waals surface area contributed by atoms with Gasteiger partial charge in [0.25, 0.3) is 0 Å². The molecule has 1 atom stereocenters. The first-order chi connectivity index (χ1) is 15.5. The van der Waals surface area contributed by atoms with Crippen LogP contribution in [0.4, 0.5) is 13.2 Å². The zero-order valence-corrected chi connectivity index (χ0v) is 21.2. The molecule has 33 heavy (non-hydrogen) atoms. The van der Waals surface area contributed by atoms with E-state index in [0.29, 0.717) is 35.2 Å². The molecule has 0 aliphatic carbocycles. The number of fused-ring (bicyclic) bond motifs is 1. The van der Waals surface area contributed by atoms with Crippen molar-refractivity contribution >= 4 is 22.6 Å². The molecule has 1 aromatic carbocycles. The Bertz CT molecular complexity index is 892. The Morgan fingerprint density at radius 3 is 2.52 bits per heavy atom. The Morgan fingerprint density at radius 2 is 1.91 bits per heavy atom. The summed E-state index contributed by atoms with van der Waals surface area (Å²) in [7, 11) is 2.11. The number of aromatic nitrogens is 2. The molecule has 0 aliphatic heterocycles. The predicted octanol–water partition coefficient (Wildman–Crippen LogP) is 7.15. The minimum Gasteiger partial charge on any atom is -0.381 e. The highest BCUT2D eigenvalue weighted by molar-refractivity contribution is 6.32. The van der Waals surface area contributed by atoms with Gasteiger partial charge < -0.3 is 14.8 Å². The van der Waals surface area contributed by atoms with Gasteiger partial charge in [-0.25, -0.2) is 4.98 Å². The third-order valence-corrected chi connectivity index (χ3v) is 6.44. The van der Waals surface area contributed by atoms with Crippen LogP contribution in [0.1, 0.15) is 64.8 Å². The maximum absolute atomic E-state index is 13.1. The van der Waals surface area contributed by atoms with Gasteiger partial charge in [0.15, 0.2) is 0 Å². The lowest BCUT2D eigenvalue weighted by molar-refractivity contribution is -0.137. The van der Waals surface area contributed by atoms with Gasteiger partial charge in [0.2, 0.25) is 0 Å². The first-order valence-electron chi connectivity index (χ1n) is 11.9. The van der Waals surface area contributed by atoms with Crippen molar-refractivity contribution in [1.82, 2.24) is 19.8 Å². The fourth-order valence-electron chi connectivity index (χ4n) is 4.06. The quantitative estimate of drug-likeness (QED) is 0.305. The molecular weight excluding hydrogens is 449 g/mol. The van der Waals surface area contributed by atoms with Crippen LogP contribution < -0.4 is 0 Å². The summed E-state index contributed by atoms with van der Waals surface area (Å²) in [5.41, 5.74) is 0.0153. The van der Waals surface area contributed by atoms with Crippen molar-refractivity contribution in [2.45, 2.75) is 72.0 Å². The molecular formula is C25H38ClF3N4. The molecule has 0 bridgehead atoms. The predicted molar refractivity (Wildman–Crippen MR) is 132 cm³/mol. The summed E-state index contributed by atoms with van der Waals surface area (Å²) in [6, 6.07) is 2.81. The van der Waals surface area contributed by atoms with E-state index in [-0.39, 0.29) is 5.02 Å². The van der Waals surface area contributed by atoms with Crippen LogP contribution in [0.3, 0.4) is 0 Å². The van der Waals surface area contributed by atoms with Crippen molar-refractivity contribution in [2.75, 3.05) is 26.7 Å². The Kier molecular flexibility index (Phi) is 10.6. The van der Waals surface area contributed by atoms with Gasteiger partial charge in [0, 0.05) is 32.6 Å². The van der Waals surface area contributed by atoms with E-state index in [1.807, 2.05) is 6.92 Å². The number of hydrogen-bond acceptors (Lipinski definition) is 3. The number of halogens is 4. The van der Waals surface area contributed by atoms with Crippen molar-refractivity contribution < 1.29 is 13.2 Å². The van der Waals surface area contributed by atoms with Crippen LogP contribution in [0.15, 0.2) is 24.4 Å². The van der Waals surface area contributed by atoms with Crippen molar-refractivity contribution in [2.24, 2.45) is 5.92 Å². The zero-order chi connectivity index (χ0) is 24.6. The molecule has 0 aliphatic rings. The number of rotatable bonds is 13. The van der Waals surface area contributed by atoms with Crippen molar-refractivity contribution in [1.29, 1.82) is 0 Å². The van der Waals surface area contributed by atoms with E-state index in [4.69, 9.17) is 11.6 Å². The van der Waals surface area contributed by atoms with Crippen molar-refractivity contribution in [3.05, 3.63) is 40.8 Å². The molecule has 8 heteroatoms. The summed E-state index contributed by atoms with van der Waals surface area (Å²) in [5, 5.41) is -0.317. The topological polar surface area (TPSA) is 35.2 Å². The Balaban J connectivity index is 1.88. The Hall–Kier alpha value is -1.73. The summed E-state index contributed by atoms with van der Waals surface area (Å²) in [6.07, 6.45) is 4.66. The van der Waals surface area contributed by atoms with E-state index in [1.165, 1.54) is 12.5 Å². The van der Waals surface area contributed by atoms with Crippen LogP contribution in [0.5, 0.6) is 0 Å². The third kappa shape index (κ3) is 8.53. The molecule has 0 unspecified atom stereocenters. The molecule has 0 fully saturated rings. The molecule has 0 spiro atoms. The van der Waals surface area contributed by atoms with Gasteiger partial charge in [-0.05, 0) is 70.8 Å². The average molecular weight is 487 g/mol. The normalized spacial score (nSPS) is 13.7. The number of H-pyrrole nitrogens is 1. The average Bonchev–Trinajstić information content (AvgIpc) is 3.12. The lowest BCUT2D eigenvalue weighted by atomic mass is 10.0. The van der Waals surface area contributed by atoms with E-state index in [0.717, 1.165) is 45.0 Å². The van der Waals surface area contributed by atoms with E-state index < -0.39 is 11.7 Å². The van der Waals surface area contributed by atoms with Gasteiger partial charge in [-0.15, -0.1) is 0 Å². The van der Waals surface area contributed by atoms with Gasteiger partial charge in [-0.3, -0.25) is 0 Å². The number of imidazole rings is 1. The zero-order valence-electron chi connectivity index (χ0n) is 20.5. The number of benzene rings is 1. The molecule has 0 saturated heterocycles. The van der Waals surface area contributed by atoms with Crippen LogP contribution >= 0.6 is 11.6 Å². The molecule has 2 rings (SSSR count). The number of aryl methyl sites for hydroxylation is 1. The molecule has 0 radical (unpaired) electrons. The maximum Gasteiger partial charge on any atom is 0.417 e. The number of nitrogens with zero attached hydrogens (tertiary/aromatic N) is 3. The maximum atomic E-state index is 13.1. The molecule has 2 aromatic rings. The summed E-state index contributed by atoms with van der Waals surface area (Å²) < 4.78 is 39.2. The van der Waals surface area contributed by atoms with Crippen LogP contribution in [-0.4, -0.2) is 52.5 Å². The monoisotopic (exact) mass is 486 g/mol. The summed E-state index contributed by atoms with van der Waals surface area (Å²) in [4.78, 5) is 12.2. The number of unbranched alkanes of at least 4 members (excludes halogenated alkanes) is 1. The van der Waals surface area contributed by atoms with Gasteiger partial charge >= 0.3 is 6.18 Å². The highest BCUT2D eigenvalue weighted by atomic mass is 35.5. The molecule has 1 N–H and O–H groups in total. The van der Waals surface area contributed by atoms with Crippen LogP contribution in [-0.2, 0) is 12.6 Å². The second-order valence-electron chi connectivity index (χ2n) is 9.10. The van der Waals surface area contributed by atoms with E-state index in [1.54, 1.807) is 0 Å². The summed E-state index contributed by atoms with van der Waals surface area (Å²) in [5.74, 6) is 1.36. The van der Waals surface area contributed by atoms with Crippen molar-refractivity contribution in [3.63, 3.8) is 0 Å². The number of aromatic amines is 1. The van der Waals surface area contributed by atoms with Crippen LogP contribution in [0, 0.1) is 5.92 Å². The van der Waals surface area contributed by atoms with Crippen molar-refractivity contribution in [3.8, 4) is 0 Å². The highest BCUT2D eigenvalue weighted by Gasteiger charge is 2.33. The van der Waals surface area contributed by atoms with Crippen LogP contribution in [0.25, 0.3) is 11.0 Å². The number of nitrogens with one attached hydrogen (secondary N) is 1. The van der Waals surface area contributed by atoms with E-state index in [9.17, 15) is 13.2 Å². The second-order valence-corrected chi connectivity index (χ2v) is 9.51. The Labute approximate surface area is 201 Å². The van der Waals surface area contributed by atoms with Gasteiger partial charge in [-0.1, -0.05) is 31.0 Å². The fraction of sp³-hybridized carbons (Fsp3) is 0.640. The SMILES string of the molecule is C/C=C\N(C)CC[C@H](CC)CN(CCCCc1nc2cc(Cl)c(C(F)(F)F)cc2[nH]1)C(C)C.